The molecule has 2 aliphatic heterocycles. The van der Waals surface area contributed by atoms with Gasteiger partial charge in [-0.15, -0.1) is 15.6 Å². The van der Waals surface area contributed by atoms with E-state index < -0.39 is 87.7 Å². The fourth-order valence-electron chi connectivity index (χ4n) is 7.02. The molecule has 2 fully saturated rings. The van der Waals surface area contributed by atoms with E-state index in [-0.39, 0.29) is 23.3 Å². The van der Waals surface area contributed by atoms with Crippen molar-refractivity contribution in [1.29, 1.82) is 0 Å². The number of hydroxylamine groups is 2. The van der Waals surface area contributed by atoms with Crippen molar-refractivity contribution in [3.63, 3.8) is 0 Å². The number of anilines is 1. The largest absolute Gasteiger partial charge is 0.489 e. The zero-order valence-corrected chi connectivity index (χ0v) is 42.7. The van der Waals surface area contributed by atoms with Gasteiger partial charge >= 0.3 is 28.6 Å². The molecule has 0 saturated carbocycles. The summed E-state index contributed by atoms with van der Waals surface area (Å²) in [5.74, 6) is -2.51. The number of rotatable bonds is 18. The number of aliphatic imine (C=N–C) groups is 1. The first kappa shape index (κ1) is 54.2. The summed E-state index contributed by atoms with van der Waals surface area (Å²) in [6.07, 6.45) is -3.89. The number of amidine groups is 1. The highest BCUT2D eigenvalue weighted by Gasteiger charge is 2.58. The second kappa shape index (κ2) is 22.1. The molecule has 3 heterocycles. The molecule has 2 atom stereocenters. The Morgan fingerprint density at radius 2 is 1.50 bits per heavy atom. The smallest absolute Gasteiger partial charge is 0.418 e. The average Bonchev–Trinajstić information content (AvgIpc) is 3.63. The summed E-state index contributed by atoms with van der Waals surface area (Å²) in [6, 6.07) is 23.2. The molecule has 5 N–H and O–H groups in total. The van der Waals surface area contributed by atoms with E-state index in [1.807, 2.05) is 12.1 Å². The Bertz CT molecular complexity index is 2750. The number of hydrogen-bond acceptors (Lipinski definition) is 17. The van der Waals surface area contributed by atoms with E-state index in [1.54, 1.807) is 126 Å². The molecular weight excluding hydrogens is 977 g/mol. The molecule has 0 aliphatic carbocycles. The predicted octanol–water partition coefficient (Wildman–Crippen LogP) is 5.86. The van der Waals surface area contributed by atoms with E-state index in [0.29, 0.717) is 45.7 Å². The van der Waals surface area contributed by atoms with Crippen LogP contribution in [0.15, 0.2) is 95.1 Å². The average molecular weight is 1040 g/mol. The lowest BCUT2D eigenvalue weighted by Gasteiger charge is -2.50. The van der Waals surface area contributed by atoms with Crippen LogP contribution in [0.25, 0.3) is 0 Å². The number of β-lactam (4-membered cyclic amide) rings is 1. The molecule has 22 nitrogen and oxygen atoms in total. The molecule has 0 unspecified atom stereocenters. The number of aromatic nitrogens is 1. The molecule has 0 bridgehead atoms. The number of ether oxygens (including phenoxy) is 4. The molecular formula is C48H58N8O14S2. The normalized spacial score (nSPS) is 16.8. The van der Waals surface area contributed by atoms with Crippen LogP contribution in [0.3, 0.4) is 0 Å². The van der Waals surface area contributed by atoms with Crippen LogP contribution in [0, 0.1) is 12.8 Å². The first-order valence-electron chi connectivity index (χ1n) is 22.5. The SMILES string of the molecule is Cc1sc(NC(=O)OC(C)(C)C)nc1/C(=N/O[C@@H](COc1ccc(CN=C(N)C2CN(C(=O)OC(C)(C)C)C2)cc1)C(=O)OC(c1ccccc1)c1ccccc1)C(=O)N[C@@H]1C(=O)N(OS(=O)(=O)O)C1(C)C. The topological polar surface area (TPSA) is 289 Å². The number of aryl methyl sites for hydroxylation is 1. The molecule has 0 radical (unpaired) electrons. The van der Waals surface area contributed by atoms with Crippen molar-refractivity contribution in [3.8, 4) is 5.75 Å². The summed E-state index contributed by atoms with van der Waals surface area (Å²) in [5, 5.41) is 9.51. The maximum absolute atomic E-state index is 14.4. The van der Waals surface area contributed by atoms with Crippen LogP contribution in [0.4, 0.5) is 14.7 Å². The van der Waals surface area contributed by atoms with E-state index in [2.05, 4.69) is 30.0 Å². The quantitative estimate of drug-likeness (QED) is 0.0173. The minimum Gasteiger partial charge on any atom is -0.489 e. The third-order valence-corrected chi connectivity index (χ3v) is 11.9. The van der Waals surface area contributed by atoms with Crippen molar-refractivity contribution >= 4 is 68.4 Å². The molecule has 2 saturated heterocycles. The Balaban J connectivity index is 1.27. The lowest BCUT2D eigenvalue weighted by molar-refractivity contribution is -0.218. The van der Waals surface area contributed by atoms with Crippen LogP contribution in [-0.2, 0) is 54.7 Å². The number of thiazole rings is 1. The summed E-state index contributed by atoms with van der Waals surface area (Å²) in [4.78, 5) is 83.6. The summed E-state index contributed by atoms with van der Waals surface area (Å²) >= 11 is 0.947. The first-order chi connectivity index (χ1) is 33.7. The van der Waals surface area contributed by atoms with E-state index >= 15 is 0 Å². The summed E-state index contributed by atoms with van der Waals surface area (Å²) in [5.41, 5.74) is 4.56. The highest BCUT2D eigenvalue weighted by molar-refractivity contribution is 7.80. The van der Waals surface area contributed by atoms with Crippen molar-refractivity contribution in [3.05, 3.63) is 112 Å². The number of carbonyl (C=O) groups is 5. The van der Waals surface area contributed by atoms with E-state index in [1.165, 1.54) is 13.8 Å². The van der Waals surface area contributed by atoms with Gasteiger partial charge in [-0.1, -0.05) is 78.0 Å². The number of nitrogens with two attached hydrogens (primary N) is 1. The number of nitrogens with zero attached hydrogens (tertiary/aromatic N) is 5. The van der Waals surface area contributed by atoms with E-state index in [0.717, 1.165) is 16.9 Å². The van der Waals surface area contributed by atoms with Gasteiger partial charge in [0, 0.05) is 18.0 Å². The van der Waals surface area contributed by atoms with Gasteiger partial charge in [0.25, 0.3) is 17.9 Å². The maximum atomic E-state index is 14.4. The number of likely N-dealkylation sites (tertiary alicyclic amines) is 1. The highest BCUT2D eigenvalue weighted by atomic mass is 32.3. The van der Waals surface area contributed by atoms with Crippen LogP contribution in [-0.4, -0.2) is 118 Å². The Morgan fingerprint density at radius 3 is 2.04 bits per heavy atom. The zero-order chi connectivity index (χ0) is 52.8. The van der Waals surface area contributed by atoms with Gasteiger partial charge in [-0.05, 0) is 91.1 Å². The molecule has 1 aromatic heterocycles. The van der Waals surface area contributed by atoms with Gasteiger partial charge in [-0.25, -0.2) is 19.4 Å². The fourth-order valence-corrected chi connectivity index (χ4v) is 8.28. The summed E-state index contributed by atoms with van der Waals surface area (Å²) < 4.78 is 59.7. The molecule has 0 spiro atoms. The number of amides is 4. The van der Waals surface area contributed by atoms with Gasteiger partial charge in [-0.2, -0.15) is 13.5 Å². The van der Waals surface area contributed by atoms with Gasteiger partial charge in [-0.3, -0.25) is 24.5 Å². The highest BCUT2D eigenvalue weighted by Crippen LogP contribution is 2.34. The summed E-state index contributed by atoms with van der Waals surface area (Å²) in [6.45, 7) is 15.2. The van der Waals surface area contributed by atoms with Gasteiger partial charge in [0.15, 0.2) is 16.9 Å². The third kappa shape index (κ3) is 14.5. The second-order valence-corrected chi connectivity index (χ2v) is 21.4. The van der Waals surface area contributed by atoms with E-state index in [4.69, 9.17) is 29.5 Å². The standard InChI is InChI=1S/C48H58N8O14S2/c1-28-35(51-43(71-28)53-44(60)67-46(2,3)4)36(40(57)52-38-41(58)56(48(38,8)9)70-72(62,63)64)54-69-34(42(59)66-37(30-16-12-10-13-17-30)31-18-14-11-15-19-31)27-65-33-22-20-29(21-23-33)24-50-39(49)32-25-55(26-32)45(61)68-47(5,6)7/h10-23,32,34,37-38H,24-27H2,1-9H3,(H2,49,50)(H,52,57)(H,51,53,60)(H,62,63,64)/b54-36-/t34-,38+/m0/s1. The van der Waals surface area contributed by atoms with Gasteiger partial charge < -0.3 is 39.7 Å². The number of benzene rings is 3. The number of hydrogen-bond donors (Lipinski definition) is 4. The van der Waals surface area contributed by atoms with Crippen LogP contribution < -0.4 is 21.1 Å². The Labute approximate surface area is 420 Å². The van der Waals surface area contributed by atoms with Crippen molar-refractivity contribution in [1.82, 2.24) is 20.3 Å². The molecule has 3 aromatic carbocycles. The number of nitrogens with one attached hydrogen (secondary N) is 2. The number of carbonyl (C=O) groups excluding carboxylic acids is 5. The van der Waals surface area contributed by atoms with Crippen molar-refractivity contribution in [2.45, 2.75) is 104 Å². The third-order valence-electron chi connectivity index (χ3n) is 10.7. The molecule has 4 aromatic rings. The Kier molecular flexibility index (Phi) is 16.6. The second-order valence-electron chi connectivity index (χ2n) is 19.2. The zero-order valence-electron chi connectivity index (χ0n) is 41.1. The van der Waals surface area contributed by atoms with Crippen molar-refractivity contribution < 1.29 is 65.0 Å². The van der Waals surface area contributed by atoms with Crippen molar-refractivity contribution in [2.75, 3.05) is 25.0 Å². The molecule has 2 aliphatic rings. The minimum atomic E-state index is -5.12. The Morgan fingerprint density at radius 1 is 0.917 bits per heavy atom. The molecule has 386 valence electrons. The molecule has 6 rings (SSSR count). The molecule has 24 heteroatoms. The Hall–Kier alpha value is -7.15. The predicted molar refractivity (Wildman–Crippen MR) is 263 cm³/mol. The van der Waals surface area contributed by atoms with Crippen LogP contribution in [0.5, 0.6) is 5.75 Å². The van der Waals surface area contributed by atoms with Gasteiger partial charge in [0.05, 0.1) is 18.0 Å². The number of oxime groups is 1. The van der Waals surface area contributed by atoms with Crippen LogP contribution in [0.2, 0.25) is 0 Å². The monoisotopic (exact) mass is 1030 g/mol. The minimum absolute atomic E-state index is 0.0115. The maximum Gasteiger partial charge on any atom is 0.418 e. The molecule has 4 amide bonds. The molecule has 72 heavy (non-hydrogen) atoms. The van der Waals surface area contributed by atoms with Gasteiger partial charge in [0.1, 0.15) is 41.1 Å². The lowest BCUT2D eigenvalue weighted by atomic mass is 9.84. The fraction of sp³-hybridized carbons (Fsp3) is 0.417. The van der Waals surface area contributed by atoms with Crippen LogP contribution >= 0.6 is 11.3 Å². The number of esters is 1. The summed E-state index contributed by atoms with van der Waals surface area (Å²) in [7, 11) is -5.12. The van der Waals surface area contributed by atoms with Gasteiger partial charge in [0.2, 0.25) is 0 Å². The first-order valence-corrected chi connectivity index (χ1v) is 24.7. The lowest BCUT2D eigenvalue weighted by Crippen LogP contribution is -2.76. The van der Waals surface area contributed by atoms with Crippen LogP contribution in [0.1, 0.15) is 88.8 Å². The van der Waals surface area contributed by atoms with Crippen molar-refractivity contribution in [2.24, 2.45) is 21.8 Å². The van der Waals surface area contributed by atoms with E-state index in [9.17, 15) is 36.9 Å².